The van der Waals surface area contributed by atoms with E-state index in [9.17, 15) is 0 Å². The minimum absolute atomic E-state index is 0.121. The second-order valence-electron chi connectivity index (χ2n) is 6.52. The van der Waals surface area contributed by atoms with Gasteiger partial charge in [0.05, 0.1) is 5.69 Å². The van der Waals surface area contributed by atoms with Crippen molar-refractivity contribution in [3.8, 4) is 0 Å². The van der Waals surface area contributed by atoms with Crippen LogP contribution in [0.3, 0.4) is 0 Å². The molecule has 1 fully saturated rings. The number of aryl methyl sites for hydroxylation is 1. The zero-order valence-electron chi connectivity index (χ0n) is 12.3. The maximum Gasteiger partial charge on any atom is 0.0722 e. The van der Waals surface area contributed by atoms with Gasteiger partial charge in [-0.2, -0.15) is 5.10 Å². The molecular formula is C14H26N4. The number of piperazine rings is 1. The van der Waals surface area contributed by atoms with Crippen LogP contribution in [0.1, 0.15) is 39.0 Å². The van der Waals surface area contributed by atoms with Gasteiger partial charge in [-0.25, -0.2) is 0 Å². The third-order valence-electron chi connectivity index (χ3n) is 3.46. The van der Waals surface area contributed by atoms with Crippen LogP contribution in [0, 0.1) is 0 Å². The maximum absolute atomic E-state index is 4.64. The van der Waals surface area contributed by atoms with E-state index in [1.54, 1.807) is 0 Å². The Kier molecular flexibility index (Phi) is 3.78. The molecule has 1 N–H and O–H groups in total. The normalized spacial score (nSPS) is 22.4. The van der Waals surface area contributed by atoms with Crippen LogP contribution in [-0.4, -0.2) is 40.4 Å². The highest BCUT2D eigenvalue weighted by atomic mass is 15.3. The SMILES string of the molecule is CC1CN(Cc2cn(C)nc2C(C)(C)C)CCN1. The summed E-state index contributed by atoms with van der Waals surface area (Å²) in [6.07, 6.45) is 2.17. The van der Waals surface area contributed by atoms with Crippen molar-refractivity contribution in [3.05, 3.63) is 17.5 Å². The van der Waals surface area contributed by atoms with Gasteiger partial charge in [-0.15, -0.1) is 0 Å². The molecule has 1 saturated heterocycles. The van der Waals surface area contributed by atoms with Crippen molar-refractivity contribution in [3.63, 3.8) is 0 Å². The van der Waals surface area contributed by atoms with E-state index in [1.807, 2.05) is 11.7 Å². The molecule has 0 bridgehead atoms. The highest BCUT2D eigenvalue weighted by molar-refractivity contribution is 5.24. The first-order valence-corrected chi connectivity index (χ1v) is 6.85. The van der Waals surface area contributed by atoms with Gasteiger partial charge in [0.15, 0.2) is 0 Å². The first-order chi connectivity index (χ1) is 8.36. The van der Waals surface area contributed by atoms with Gasteiger partial charge in [-0.3, -0.25) is 9.58 Å². The van der Waals surface area contributed by atoms with Crippen LogP contribution in [0.2, 0.25) is 0 Å². The fourth-order valence-electron chi connectivity index (χ4n) is 2.68. The minimum atomic E-state index is 0.121. The van der Waals surface area contributed by atoms with Crippen LogP contribution in [0.4, 0.5) is 0 Å². The van der Waals surface area contributed by atoms with Crippen molar-refractivity contribution in [2.45, 2.75) is 45.7 Å². The minimum Gasteiger partial charge on any atom is -0.312 e. The zero-order valence-corrected chi connectivity index (χ0v) is 12.3. The van der Waals surface area contributed by atoms with Crippen molar-refractivity contribution in [1.29, 1.82) is 0 Å². The van der Waals surface area contributed by atoms with Crippen molar-refractivity contribution >= 4 is 0 Å². The van der Waals surface area contributed by atoms with Crippen LogP contribution < -0.4 is 5.32 Å². The van der Waals surface area contributed by atoms with Gasteiger partial charge in [0.2, 0.25) is 0 Å². The molecule has 1 unspecified atom stereocenters. The summed E-state index contributed by atoms with van der Waals surface area (Å²) in [6.45, 7) is 13.3. The van der Waals surface area contributed by atoms with Gasteiger partial charge >= 0.3 is 0 Å². The van der Waals surface area contributed by atoms with Gasteiger partial charge in [0, 0.05) is 56.4 Å². The molecule has 102 valence electrons. The molecule has 1 atom stereocenters. The Morgan fingerprint density at radius 3 is 2.78 bits per heavy atom. The molecule has 1 aromatic rings. The molecule has 2 rings (SSSR count). The van der Waals surface area contributed by atoms with Gasteiger partial charge in [0.25, 0.3) is 0 Å². The molecule has 0 saturated carbocycles. The van der Waals surface area contributed by atoms with Gasteiger partial charge in [0.1, 0.15) is 0 Å². The molecule has 0 aliphatic carbocycles. The lowest BCUT2D eigenvalue weighted by molar-refractivity contribution is 0.198. The van der Waals surface area contributed by atoms with Crippen molar-refractivity contribution in [2.75, 3.05) is 19.6 Å². The molecular weight excluding hydrogens is 224 g/mol. The molecule has 0 amide bonds. The standard InChI is InChI=1S/C14H26N4/c1-11-8-18(7-6-15-11)10-12-9-17(5)16-13(12)14(2,3)4/h9,11,15H,6-8,10H2,1-5H3. The van der Waals surface area contributed by atoms with E-state index in [-0.39, 0.29) is 5.41 Å². The molecule has 1 aliphatic rings. The topological polar surface area (TPSA) is 33.1 Å². The van der Waals surface area contributed by atoms with Gasteiger partial charge < -0.3 is 5.32 Å². The molecule has 0 spiro atoms. The summed E-state index contributed by atoms with van der Waals surface area (Å²) < 4.78 is 1.95. The predicted octanol–water partition coefficient (Wildman–Crippen LogP) is 1.51. The molecule has 4 heteroatoms. The Labute approximate surface area is 110 Å². The summed E-state index contributed by atoms with van der Waals surface area (Å²) in [7, 11) is 2.01. The van der Waals surface area contributed by atoms with Crippen LogP contribution >= 0.6 is 0 Å². The fourth-order valence-corrected chi connectivity index (χ4v) is 2.68. The van der Waals surface area contributed by atoms with E-state index >= 15 is 0 Å². The predicted molar refractivity (Wildman–Crippen MR) is 74.6 cm³/mol. The highest BCUT2D eigenvalue weighted by Crippen LogP contribution is 2.25. The third kappa shape index (κ3) is 3.12. The zero-order chi connectivity index (χ0) is 13.3. The van der Waals surface area contributed by atoms with E-state index in [4.69, 9.17) is 0 Å². The Hall–Kier alpha value is -0.870. The monoisotopic (exact) mass is 250 g/mol. The number of hydrogen-bond acceptors (Lipinski definition) is 3. The number of hydrogen-bond donors (Lipinski definition) is 1. The lowest BCUT2D eigenvalue weighted by Crippen LogP contribution is -2.48. The van der Waals surface area contributed by atoms with Gasteiger partial charge in [-0.1, -0.05) is 20.8 Å². The highest BCUT2D eigenvalue weighted by Gasteiger charge is 2.24. The average molecular weight is 250 g/mol. The van der Waals surface area contributed by atoms with Crippen LogP contribution in [0.5, 0.6) is 0 Å². The van der Waals surface area contributed by atoms with Crippen LogP contribution in [-0.2, 0) is 19.0 Å². The largest absolute Gasteiger partial charge is 0.312 e. The summed E-state index contributed by atoms with van der Waals surface area (Å²) in [4.78, 5) is 2.52. The van der Waals surface area contributed by atoms with E-state index in [2.05, 4.69) is 49.2 Å². The summed E-state index contributed by atoms with van der Waals surface area (Å²) >= 11 is 0. The number of nitrogens with zero attached hydrogens (tertiary/aromatic N) is 3. The smallest absolute Gasteiger partial charge is 0.0722 e. The molecule has 0 aromatic carbocycles. The summed E-state index contributed by atoms with van der Waals surface area (Å²) in [5, 5.41) is 8.13. The third-order valence-corrected chi connectivity index (χ3v) is 3.46. The molecule has 2 heterocycles. The number of aromatic nitrogens is 2. The number of nitrogens with one attached hydrogen (secondary N) is 1. The fraction of sp³-hybridized carbons (Fsp3) is 0.786. The molecule has 18 heavy (non-hydrogen) atoms. The Morgan fingerprint density at radius 1 is 1.44 bits per heavy atom. The lowest BCUT2D eigenvalue weighted by atomic mass is 9.89. The van der Waals surface area contributed by atoms with Crippen LogP contribution in [0.25, 0.3) is 0 Å². The van der Waals surface area contributed by atoms with Crippen LogP contribution in [0.15, 0.2) is 6.20 Å². The van der Waals surface area contributed by atoms with E-state index < -0.39 is 0 Å². The van der Waals surface area contributed by atoms with Gasteiger partial charge in [-0.05, 0) is 6.92 Å². The quantitative estimate of drug-likeness (QED) is 0.864. The second kappa shape index (κ2) is 5.02. The summed E-state index contributed by atoms with van der Waals surface area (Å²) in [5.41, 5.74) is 2.73. The van der Waals surface area contributed by atoms with Crippen molar-refractivity contribution < 1.29 is 0 Å². The van der Waals surface area contributed by atoms with E-state index in [0.29, 0.717) is 6.04 Å². The Balaban J connectivity index is 2.13. The molecule has 1 aromatic heterocycles. The van der Waals surface area contributed by atoms with Crippen molar-refractivity contribution in [2.24, 2.45) is 7.05 Å². The van der Waals surface area contributed by atoms with E-state index in [0.717, 1.165) is 26.2 Å². The lowest BCUT2D eigenvalue weighted by Gasteiger charge is -2.32. The Bertz CT molecular complexity index is 402. The second-order valence-corrected chi connectivity index (χ2v) is 6.52. The molecule has 4 nitrogen and oxygen atoms in total. The summed E-state index contributed by atoms with van der Waals surface area (Å²) in [5.74, 6) is 0. The van der Waals surface area contributed by atoms with Crippen molar-refractivity contribution in [1.82, 2.24) is 20.0 Å². The first kappa shape index (κ1) is 13.6. The number of rotatable bonds is 2. The average Bonchev–Trinajstić information content (AvgIpc) is 2.59. The molecule has 1 aliphatic heterocycles. The molecule has 0 radical (unpaired) electrons. The summed E-state index contributed by atoms with van der Waals surface area (Å²) in [6, 6.07) is 0.591. The first-order valence-electron chi connectivity index (χ1n) is 6.85. The maximum atomic E-state index is 4.64. The van der Waals surface area contributed by atoms with E-state index in [1.165, 1.54) is 11.3 Å². The Morgan fingerprint density at radius 2 is 2.17 bits per heavy atom.